The molecule has 0 radical (unpaired) electrons. The number of rotatable bonds is 8. The molecule has 4 aromatic carbocycles. The number of anilines is 1. The van der Waals surface area contributed by atoms with Gasteiger partial charge in [0.05, 0.1) is 27.6 Å². The summed E-state index contributed by atoms with van der Waals surface area (Å²) in [7, 11) is 0. The number of carbonyl (C=O) groups excluding carboxylic acids is 1. The van der Waals surface area contributed by atoms with Crippen molar-refractivity contribution in [3.05, 3.63) is 140 Å². The minimum atomic E-state index is -0.621. The number of fused-ring (bicyclic) bond motifs is 1. The number of nitrogens with one attached hydrogen (secondary N) is 1. The Bertz CT molecular complexity index is 1820. The third kappa shape index (κ3) is 5.90. The van der Waals surface area contributed by atoms with E-state index in [0.29, 0.717) is 41.1 Å². The van der Waals surface area contributed by atoms with Crippen molar-refractivity contribution in [2.45, 2.75) is 33.2 Å². The van der Waals surface area contributed by atoms with Crippen LogP contribution in [0.2, 0.25) is 0 Å². The lowest BCUT2D eigenvalue weighted by Gasteiger charge is -2.31. The molecular weight excluding hydrogens is 530 g/mol. The van der Waals surface area contributed by atoms with Gasteiger partial charge < -0.3 is 10.2 Å². The lowest BCUT2D eigenvalue weighted by molar-refractivity contribution is -0.384. The van der Waals surface area contributed by atoms with Gasteiger partial charge in [-0.1, -0.05) is 60.2 Å². The van der Waals surface area contributed by atoms with Crippen LogP contribution in [0.15, 0.2) is 102 Å². The summed E-state index contributed by atoms with van der Waals surface area (Å²) in [5.74, 6) is 0.428. The molecule has 2 amide bonds. The van der Waals surface area contributed by atoms with Crippen LogP contribution in [0, 0.1) is 24.0 Å². The van der Waals surface area contributed by atoms with Crippen LogP contribution in [0.25, 0.3) is 16.6 Å². The first kappa shape index (κ1) is 28.2. The first-order valence-electron chi connectivity index (χ1n) is 13.7. The summed E-state index contributed by atoms with van der Waals surface area (Å²) < 4.78 is 1.61. The lowest BCUT2D eigenvalue weighted by atomic mass is 10.1. The van der Waals surface area contributed by atoms with Crippen LogP contribution in [0.3, 0.4) is 0 Å². The first-order chi connectivity index (χ1) is 20.2. The van der Waals surface area contributed by atoms with Gasteiger partial charge >= 0.3 is 6.03 Å². The molecule has 0 fully saturated rings. The summed E-state index contributed by atoms with van der Waals surface area (Å²) in [5.41, 5.74) is 4.41. The van der Waals surface area contributed by atoms with Crippen LogP contribution in [0.5, 0.6) is 0 Å². The molecule has 1 N–H and O–H groups in total. The second kappa shape index (κ2) is 12.1. The smallest absolute Gasteiger partial charge is 0.314 e. The van der Waals surface area contributed by atoms with Crippen LogP contribution < -0.4 is 10.9 Å². The van der Waals surface area contributed by atoms with Crippen molar-refractivity contribution < 1.29 is 9.72 Å². The molecule has 0 aliphatic rings. The maximum atomic E-state index is 14.0. The number of nitro benzene ring substituents is 1. The van der Waals surface area contributed by atoms with E-state index >= 15 is 0 Å². The van der Waals surface area contributed by atoms with Crippen molar-refractivity contribution in [2.24, 2.45) is 0 Å². The minimum Gasteiger partial charge on any atom is -0.314 e. The number of aromatic nitrogens is 2. The minimum absolute atomic E-state index is 0.0693. The van der Waals surface area contributed by atoms with Gasteiger partial charge in [-0.2, -0.15) is 0 Å². The average Bonchev–Trinajstić information content (AvgIpc) is 2.98. The summed E-state index contributed by atoms with van der Waals surface area (Å²) >= 11 is 0. The Morgan fingerprint density at radius 2 is 1.67 bits per heavy atom. The van der Waals surface area contributed by atoms with Crippen LogP contribution in [0.4, 0.5) is 16.2 Å². The fraction of sp³-hybridized carbons (Fsp3) is 0.182. The summed E-state index contributed by atoms with van der Waals surface area (Å²) in [6, 6.07) is 27.5. The molecule has 0 aliphatic carbocycles. The first-order valence-corrected chi connectivity index (χ1v) is 13.7. The Hall–Kier alpha value is -5.31. The van der Waals surface area contributed by atoms with E-state index in [9.17, 15) is 19.7 Å². The molecule has 5 aromatic rings. The molecule has 0 spiro atoms. The summed E-state index contributed by atoms with van der Waals surface area (Å²) in [5, 5.41) is 14.5. The molecular formula is C33H31N5O4. The number of aryl methyl sites for hydroxylation is 2. The van der Waals surface area contributed by atoms with Gasteiger partial charge in [-0.05, 0) is 68.7 Å². The number of hydrogen-bond donors (Lipinski definition) is 1. The maximum Gasteiger partial charge on any atom is 0.322 e. The Morgan fingerprint density at radius 3 is 2.36 bits per heavy atom. The standard InChI is InChI=1S/C33H31N5O4/c1-22-13-18-30(23(2)21-22)37-31(35-29-12-8-7-11-28(29)32(37)39)24(3)36(20-19-25-9-5-4-6-10-25)33(40)34-26-14-16-27(17-15-26)38(41)42/h4-18,21,24H,19-20H2,1-3H3,(H,34,40). The van der Waals surface area contributed by atoms with Gasteiger partial charge in [-0.3, -0.25) is 19.5 Å². The molecule has 0 saturated heterocycles. The van der Waals surface area contributed by atoms with Crippen molar-refractivity contribution in [2.75, 3.05) is 11.9 Å². The predicted molar refractivity (Wildman–Crippen MR) is 164 cm³/mol. The highest BCUT2D eigenvalue weighted by atomic mass is 16.6. The number of benzene rings is 4. The average molecular weight is 562 g/mol. The number of carbonyl (C=O) groups is 1. The molecule has 0 bridgehead atoms. The SMILES string of the molecule is Cc1ccc(-n2c(C(C)N(CCc3ccccc3)C(=O)Nc3ccc([N+](=O)[O-])cc3)nc3ccccc3c2=O)c(C)c1. The maximum absolute atomic E-state index is 14.0. The van der Waals surface area contributed by atoms with E-state index in [0.717, 1.165) is 16.7 Å². The quantitative estimate of drug-likeness (QED) is 0.166. The highest BCUT2D eigenvalue weighted by molar-refractivity contribution is 5.89. The number of non-ortho nitro benzene ring substituents is 1. The summed E-state index contributed by atoms with van der Waals surface area (Å²) in [6.07, 6.45) is 0.570. The van der Waals surface area contributed by atoms with Crippen molar-refractivity contribution >= 4 is 28.3 Å². The zero-order chi connectivity index (χ0) is 29.8. The molecule has 0 saturated carbocycles. The van der Waals surface area contributed by atoms with Crippen LogP contribution in [0.1, 0.15) is 35.5 Å². The van der Waals surface area contributed by atoms with Gasteiger partial charge in [-0.25, -0.2) is 9.78 Å². The van der Waals surface area contributed by atoms with Crippen molar-refractivity contribution in [1.29, 1.82) is 0 Å². The van der Waals surface area contributed by atoms with E-state index in [4.69, 9.17) is 4.98 Å². The lowest BCUT2D eigenvalue weighted by Crippen LogP contribution is -2.41. The third-order valence-corrected chi connectivity index (χ3v) is 7.31. The Kier molecular flexibility index (Phi) is 8.10. The van der Waals surface area contributed by atoms with E-state index in [-0.39, 0.29) is 11.2 Å². The molecule has 5 rings (SSSR count). The number of nitro groups is 1. The summed E-state index contributed by atoms with van der Waals surface area (Å²) in [4.78, 5) is 45.0. The molecule has 9 heteroatoms. The van der Waals surface area contributed by atoms with E-state index in [1.807, 2.05) is 81.4 Å². The van der Waals surface area contributed by atoms with Gasteiger partial charge in [0.25, 0.3) is 11.2 Å². The fourth-order valence-corrected chi connectivity index (χ4v) is 5.09. The molecule has 9 nitrogen and oxygen atoms in total. The molecule has 1 unspecified atom stereocenters. The topological polar surface area (TPSA) is 110 Å². The van der Waals surface area contributed by atoms with Gasteiger partial charge in [-0.15, -0.1) is 0 Å². The van der Waals surface area contributed by atoms with Gasteiger partial charge in [0, 0.05) is 24.4 Å². The number of nitrogens with zero attached hydrogens (tertiary/aromatic N) is 4. The number of urea groups is 1. The molecule has 1 heterocycles. The second-order valence-corrected chi connectivity index (χ2v) is 10.3. The Morgan fingerprint density at radius 1 is 0.976 bits per heavy atom. The van der Waals surface area contributed by atoms with Gasteiger partial charge in [0.1, 0.15) is 5.82 Å². The highest BCUT2D eigenvalue weighted by Crippen LogP contribution is 2.26. The van der Waals surface area contributed by atoms with Crippen molar-refractivity contribution in [1.82, 2.24) is 14.5 Å². The van der Waals surface area contributed by atoms with E-state index in [1.165, 1.54) is 24.3 Å². The molecule has 42 heavy (non-hydrogen) atoms. The van der Waals surface area contributed by atoms with Gasteiger partial charge in [0.2, 0.25) is 0 Å². The van der Waals surface area contributed by atoms with Crippen LogP contribution in [-0.2, 0) is 6.42 Å². The van der Waals surface area contributed by atoms with Crippen molar-refractivity contribution in [3.8, 4) is 5.69 Å². The second-order valence-electron chi connectivity index (χ2n) is 10.3. The zero-order valence-corrected chi connectivity index (χ0v) is 23.7. The number of amides is 2. The number of hydrogen-bond acceptors (Lipinski definition) is 5. The van der Waals surface area contributed by atoms with Gasteiger partial charge in [0.15, 0.2) is 0 Å². The largest absolute Gasteiger partial charge is 0.322 e. The monoisotopic (exact) mass is 561 g/mol. The number of para-hydroxylation sites is 1. The third-order valence-electron chi connectivity index (χ3n) is 7.31. The van der Waals surface area contributed by atoms with Crippen molar-refractivity contribution in [3.63, 3.8) is 0 Å². The normalized spacial score (nSPS) is 11.7. The highest BCUT2D eigenvalue weighted by Gasteiger charge is 2.27. The molecule has 1 aromatic heterocycles. The van der Waals surface area contributed by atoms with E-state index in [1.54, 1.807) is 21.6 Å². The molecule has 1 atom stereocenters. The Labute approximate surface area is 243 Å². The van der Waals surface area contributed by atoms with E-state index < -0.39 is 17.0 Å². The summed E-state index contributed by atoms with van der Waals surface area (Å²) in [6.45, 7) is 6.14. The predicted octanol–water partition coefficient (Wildman–Crippen LogP) is 6.75. The van der Waals surface area contributed by atoms with Crippen LogP contribution >= 0.6 is 0 Å². The van der Waals surface area contributed by atoms with E-state index in [2.05, 4.69) is 5.32 Å². The Balaban J connectivity index is 1.60. The molecule has 212 valence electrons. The molecule has 0 aliphatic heterocycles. The van der Waals surface area contributed by atoms with Crippen LogP contribution in [-0.4, -0.2) is 32.0 Å². The zero-order valence-electron chi connectivity index (χ0n) is 23.7. The fourth-order valence-electron chi connectivity index (χ4n) is 5.09.